The summed E-state index contributed by atoms with van der Waals surface area (Å²) in [7, 11) is 0. The summed E-state index contributed by atoms with van der Waals surface area (Å²) in [5.74, 6) is 0.465. The first kappa shape index (κ1) is 12.6. The van der Waals surface area contributed by atoms with Crippen molar-refractivity contribution in [2.24, 2.45) is 0 Å². The molecule has 0 fully saturated rings. The molecule has 0 saturated carbocycles. The van der Waals surface area contributed by atoms with Crippen molar-refractivity contribution in [3.8, 4) is 0 Å². The molecule has 0 aliphatic carbocycles. The lowest BCUT2D eigenvalue weighted by atomic mass is 10.2. The highest BCUT2D eigenvalue weighted by molar-refractivity contribution is 7.09. The van der Waals surface area contributed by atoms with Gasteiger partial charge in [0, 0.05) is 10.8 Å². The lowest BCUT2D eigenvalue weighted by molar-refractivity contribution is 0.522. The number of para-hydroxylation sites is 1. The fourth-order valence-electron chi connectivity index (χ4n) is 2.23. The lowest BCUT2D eigenvalue weighted by Gasteiger charge is -2.14. The van der Waals surface area contributed by atoms with Gasteiger partial charge < -0.3 is 0 Å². The molecule has 0 aliphatic heterocycles. The first-order valence-electron chi connectivity index (χ1n) is 6.26. The number of nitrogens with zero attached hydrogens (tertiary/aromatic N) is 3. The molecule has 0 bridgehead atoms. The molecule has 1 aromatic carbocycles. The zero-order valence-electron chi connectivity index (χ0n) is 10.6. The molecule has 0 spiro atoms. The van der Waals surface area contributed by atoms with Gasteiger partial charge in [-0.1, -0.05) is 25.1 Å². The monoisotopic (exact) mass is 291 g/mol. The van der Waals surface area contributed by atoms with Gasteiger partial charge in [0.15, 0.2) is 0 Å². The summed E-state index contributed by atoms with van der Waals surface area (Å²) in [4.78, 5) is 4.59. The van der Waals surface area contributed by atoms with Crippen LogP contribution in [0.4, 0.5) is 0 Å². The molecule has 0 N–H and O–H groups in total. The average Bonchev–Trinajstić information content (AvgIpc) is 3.07. The standard InChI is InChI=1S/C14H14ClN3S/c1-2-12(14-17-11(7-15)9-19-14)18-13-6-4-3-5-10(13)8-16-18/h3-6,8-9,12H,2,7H2,1H3. The maximum atomic E-state index is 5.83. The van der Waals surface area contributed by atoms with Gasteiger partial charge in [-0.15, -0.1) is 22.9 Å². The van der Waals surface area contributed by atoms with Crippen molar-refractivity contribution >= 4 is 33.8 Å². The Bertz CT molecular complexity index is 689. The number of aromatic nitrogens is 3. The van der Waals surface area contributed by atoms with Crippen molar-refractivity contribution in [2.45, 2.75) is 25.3 Å². The van der Waals surface area contributed by atoms with E-state index in [4.69, 9.17) is 11.6 Å². The second-order valence-corrected chi connectivity index (χ2v) is 5.54. The van der Waals surface area contributed by atoms with Crippen molar-refractivity contribution in [3.63, 3.8) is 0 Å². The van der Waals surface area contributed by atoms with Crippen molar-refractivity contribution in [2.75, 3.05) is 0 Å². The van der Waals surface area contributed by atoms with Gasteiger partial charge in [-0.2, -0.15) is 5.10 Å². The molecule has 0 aliphatic rings. The first-order chi connectivity index (χ1) is 9.33. The van der Waals surface area contributed by atoms with Gasteiger partial charge in [0.05, 0.1) is 23.3 Å². The van der Waals surface area contributed by atoms with E-state index >= 15 is 0 Å². The maximum Gasteiger partial charge on any atom is 0.118 e. The average molecular weight is 292 g/mol. The van der Waals surface area contributed by atoms with Gasteiger partial charge in [0.1, 0.15) is 11.0 Å². The van der Waals surface area contributed by atoms with Crippen LogP contribution >= 0.6 is 22.9 Å². The summed E-state index contributed by atoms with van der Waals surface area (Å²) in [6.07, 6.45) is 2.87. The van der Waals surface area contributed by atoms with E-state index in [0.29, 0.717) is 5.88 Å². The van der Waals surface area contributed by atoms with E-state index in [1.54, 1.807) is 11.3 Å². The molecule has 1 atom stereocenters. The van der Waals surface area contributed by atoms with Crippen LogP contribution in [0.1, 0.15) is 30.1 Å². The molecule has 5 heteroatoms. The molecular weight excluding hydrogens is 278 g/mol. The summed E-state index contributed by atoms with van der Waals surface area (Å²) in [6.45, 7) is 2.16. The van der Waals surface area contributed by atoms with Gasteiger partial charge in [0.2, 0.25) is 0 Å². The highest BCUT2D eigenvalue weighted by Gasteiger charge is 2.18. The summed E-state index contributed by atoms with van der Waals surface area (Å²) in [5, 5.41) is 8.79. The van der Waals surface area contributed by atoms with Crippen molar-refractivity contribution < 1.29 is 0 Å². The zero-order valence-corrected chi connectivity index (χ0v) is 12.2. The number of hydrogen-bond donors (Lipinski definition) is 0. The Morgan fingerprint density at radius 3 is 2.95 bits per heavy atom. The highest BCUT2D eigenvalue weighted by Crippen LogP contribution is 2.28. The summed E-state index contributed by atoms with van der Waals surface area (Å²) < 4.78 is 2.06. The van der Waals surface area contributed by atoms with E-state index < -0.39 is 0 Å². The zero-order chi connectivity index (χ0) is 13.2. The molecule has 1 unspecified atom stereocenters. The molecule has 98 valence electrons. The number of thiazole rings is 1. The summed E-state index contributed by atoms with van der Waals surface area (Å²) in [5.41, 5.74) is 2.09. The van der Waals surface area contributed by atoms with Gasteiger partial charge in [-0.3, -0.25) is 4.68 Å². The Labute approximate surface area is 120 Å². The minimum Gasteiger partial charge on any atom is -0.255 e. The van der Waals surface area contributed by atoms with Gasteiger partial charge in [-0.25, -0.2) is 4.98 Å². The van der Waals surface area contributed by atoms with Crippen LogP contribution in [0.25, 0.3) is 10.9 Å². The minimum atomic E-state index is 0.182. The Kier molecular flexibility index (Phi) is 3.53. The number of fused-ring (bicyclic) bond motifs is 1. The van der Waals surface area contributed by atoms with E-state index in [0.717, 1.165) is 28.0 Å². The third-order valence-electron chi connectivity index (χ3n) is 3.18. The first-order valence-corrected chi connectivity index (χ1v) is 7.67. The Balaban J connectivity index is 2.06. The molecule has 0 saturated heterocycles. The normalized spacial score (nSPS) is 12.9. The molecule has 3 aromatic rings. The third-order valence-corrected chi connectivity index (χ3v) is 4.45. The largest absolute Gasteiger partial charge is 0.255 e. The van der Waals surface area contributed by atoms with E-state index in [1.807, 2.05) is 23.7 Å². The topological polar surface area (TPSA) is 30.7 Å². The minimum absolute atomic E-state index is 0.182. The molecule has 2 aromatic heterocycles. The second kappa shape index (κ2) is 5.31. The summed E-state index contributed by atoms with van der Waals surface area (Å²) >= 11 is 7.49. The third kappa shape index (κ3) is 2.26. The maximum absolute atomic E-state index is 5.83. The number of hydrogen-bond acceptors (Lipinski definition) is 3. The lowest BCUT2D eigenvalue weighted by Crippen LogP contribution is -2.11. The van der Waals surface area contributed by atoms with Crippen LogP contribution in [-0.2, 0) is 5.88 Å². The summed E-state index contributed by atoms with van der Waals surface area (Å²) in [6, 6.07) is 8.43. The molecule has 0 amide bonds. The van der Waals surface area contributed by atoms with E-state index in [9.17, 15) is 0 Å². The van der Waals surface area contributed by atoms with E-state index in [1.165, 1.54) is 0 Å². The van der Waals surface area contributed by atoms with Crippen LogP contribution in [0.5, 0.6) is 0 Å². The Morgan fingerprint density at radius 2 is 2.21 bits per heavy atom. The number of halogens is 1. The Morgan fingerprint density at radius 1 is 1.37 bits per heavy atom. The van der Waals surface area contributed by atoms with Gasteiger partial charge in [-0.05, 0) is 12.5 Å². The highest BCUT2D eigenvalue weighted by atomic mass is 35.5. The van der Waals surface area contributed by atoms with Crippen molar-refractivity contribution in [1.29, 1.82) is 0 Å². The van der Waals surface area contributed by atoms with Gasteiger partial charge >= 0.3 is 0 Å². The van der Waals surface area contributed by atoms with Crippen LogP contribution in [-0.4, -0.2) is 14.8 Å². The van der Waals surface area contributed by atoms with Crippen LogP contribution in [0, 0.1) is 0 Å². The molecule has 3 rings (SSSR count). The van der Waals surface area contributed by atoms with Crippen molar-refractivity contribution in [3.05, 3.63) is 46.5 Å². The molecule has 2 heterocycles. The fourth-order valence-corrected chi connectivity index (χ4v) is 3.44. The quantitative estimate of drug-likeness (QED) is 0.674. The number of benzene rings is 1. The van der Waals surface area contributed by atoms with Crippen molar-refractivity contribution in [1.82, 2.24) is 14.8 Å². The van der Waals surface area contributed by atoms with E-state index in [-0.39, 0.29) is 6.04 Å². The smallest absolute Gasteiger partial charge is 0.118 e. The molecule has 3 nitrogen and oxygen atoms in total. The molecule has 0 radical (unpaired) electrons. The number of rotatable bonds is 4. The second-order valence-electron chi connectivity index (χ2n) is 4.38. The van der Waals surface area contributed by atoms with E-state index in [2.05, 4.69) is 33.8 Å². The Hall–Kier alpha value is -1.39. The fraction of sp³-hybridized carbons (Fsp3) is 0.286. The number of alkyl halides is 1. The van der Waals surface area contributed by atoms with Gasteiger partial charge in [0.25, 0.3) is 0 Å². The SMILES string of the molecule is CCC(c1nc(CCl)cs1)n1ncc2ccccc21. The molecule has 19 heavy (non-hydrogen) atoms. The predicted octanol–water partition coefficient (Wildman–Crippen LogP) is 4.23. The van der Waals surface area contributed by atoms with Crippen LogP contribution in [0.15, 0.2) is 35.8 Å². The predicted molar refractivity (Wildman–Crippen MR) is 79.8 cm³/mol. The molecular formula is C14H14ClN3S. The van der Waals surface area contributed by atoms with Crippen LogP contribution < -0.4 is 0 Å². The van der Waals surface area contributed by atoms with Crippen LogP contribution in [0.3, 0.4) is 0 Å². The van der Waals surface area contributed by atoms with Crippen LogP contribution in [0.2, 0.25) is 0 Å².